The Morgan fingerprint density at radius 2 is 1.86 bits per heavy atom. The van der Waals surface area contributed by atoms with Crippen molar-refractivity contribution in [1.29, 1.82) is 0 Å². The summed E-state index contributed by atoms with van der Waals surface area (Å²) in [7, 11) is 1.35. The second kappa shape index (κ2) is 6.59. The topological polar surface area (TPSA) is 48.3 Å². The maximum atomic E-state index is 11.8. The van der Waals surface area contributed by atoms with E-state index in [9.17, 15) is 9.59 Å². The summed E-state index contributed by atoms with van der Waals surface area (Å²) in [6.45, 7) is 2.37. The molecule has 0 spiro atoms. The van der Waals surface area contributed by atoms with E-state index in [0.29, 0.717) is 23.6 Å². The highest BCUT2D eigenvalue weighted by atomic mass is 35.5. The average molecular weight is 306 g/mol. The van der Waals surface area contributed by atoms with Crippen molar-refractivity contribution >= 4 is 17.6 Å². The van der Waals surface area contributed by atoms with E-state index >= 15 is 0 Å². The van der Waals surface area contributed by atoms with Crippen molar-refractivity contribution in [3.8, 4) is 0 Å². The molecule has 0 aliphatic heterocycles. The molecule has 2 aromatic rings. The number of hydrogen-bond donors (Lipinski definition) is 0. The molecule has 0 bridgehead atoms. The lowest BCUT2D eigenvalue weighted by Gasteiger charge is -2.11. The Labute approximate surface area is 127 Å². The molecule has 0 N–H and O–H groups in total. The molecule has 0 aliphatic rings. The zero-order valence-corrected chi connectivity index (χ0v) is 12.7. The van der Waals surface area contributed by atoms with Crippen molar-refractivity contribution in [2.75, 3.05) is 7.11 Å². The number of esters is 1. The van der Waals surface area contributed by atoms with Gasteiger partial charge in [0.2, 0.25) is 0 Å². The number of pyridine rings is 1. The number of benzene rings is 1. The van der Waals surface area contributed by atoms with Gasteiger partial charge in [-0.2, -0.15) is 0 Å². The highest BCUT2D eigenvalue weighted by Crippen LogP contribution is 2.13. The third-order valence-electron chi connectivity index (χ3n) is 3.39. The van der Waals surface area contributed by atoms with Gasteiger partial charge in [-0.1, -0.05) is 23.7 Å². The highest BCUT2D eigenvalue weighted by Gasteiger charge is 2.06. The van der Waals surface area contributed by atoms with Crippen LogP contribution < -0.4 is 5.56 Å². The fourth-order valence-electron chi connectivity index (χ4n) is 2.09. The number of halogens is 1. The largest absolute Gasteiger partial charge is 0.465 e. The minimum Gasteiger partial charge on any atom is -0.465 e. The Morgan fingerprint density at radius 3 is 2.48 bits per heavy atom. The number of carbonyl (C=O) groups is 1. The molecule has 4 nitrogen and oxygen atoms in total. The summed E-state index contributed by atoms with van der Waals surface area (Å²) in [6.07, 6.45) is 0.683. The second-order valence-electron chi connectivity index (χ2n) is 4.70. The molecule has 1 aromatic carbocycles. The Balaban J connectivity index is 2.12. The normalized spacial score (nSPS) is 10.4. The van der Waals surface area contributed by atoms with Gasteiger partial charge in [-0.3, -0.25) is 4.79 Å². The van der Waals surface area contributed by atoms with Gasteiger partial charge in [-0.05, 0) is 37.1 Å². The summed E-state index contributed by atoms with van der Waals surface area (Å²) in [4.78, 5) is 23.2. The first kappa shape index (κ1) is 15.3. The van der Waals surface area contributed by atoms with Crippen LogP contribution in [0.1, 0.15) is 21.6 Å². The van der Waals surface area contributed by atoms with Crippen LogP contribution in [0, 0.1) is 6.92 Å². The second-order valence-corrected chi connectivity index (χ2v) is 5.10. The summed E-state index contributed by atoms with van der Waals surface area (Å²) in [5, 5.41) is 0.579. The summed E-state index contributed by atoms with van der Waals surface area (Å²) >= 11 is 6.03. The van der Waals surface area contributed by atoms with E-state index in [1.54, 1.807) is 22.8 Å². The summed E-state index contributed by atoms with van der Waals surface area (Å²) in [6, 6.07) is 10.2. The maximum Gasteiger partial charge on any atom is 0.337 e. The molecule has 2 rings (SSSR count). The van der Waals surface area contributed by atoms with Crippen molar-refractivity contribution in [3.63, 3.8) is 0 Å². The lowest BCUT2D eigenvalue weighted by Crippen LogP contribution is -2.22. The maximum absolute atomic E-state index is 11.8. The molecule has 0 fully saturated rings. The molecule has 1 aromatic heterocycles. The van der Waals surface area contributed by atoms with Crippen LogP contribution in [0.3, 0.4) is 0 Å². The molecule has 0 aliphatic carbocycles. The molecule has 0 unspecified atom stereocenters. The molecular formula is C16H16ClNO3. The molecular weight excluding hydrogens is 290 g/mol. The van der Waals surface area contributed by atoms with E-state index in [-0.39, 0.29) is 11.5 Å². The Kier molecular flexibility index (Phi) is 4.81. The SMILES string of the molecule is COC(=O)c1ccc(CCn2c(C)c(Cl)ccc2=O)cc1. The zero-order chi connectivity index (χ0) is 15.4. The van der Waals surface area contributed by atoms with E-state index < -0.39 is 0 Å². The van der Waals surface area contributed by atoms with Crippen molar-refractivity contribution in [2.45, 2.75) is 19.9 Å². The first-order valence-corrected chi connectivity index (χ1v) is 6.94. The standard InChI is InChI=1S/C16H16ClNO3/c1-11-14(17)7-8-15(19)18(11)10-9-12-3-5-13(6-4-12)16(20)21-2/h3-8H,9-10H2,1-2H3. The van der Waals surface area contributed by atoms with Crippen LogP contribution >= 0.6 is 11.6 Å². The van der Waals surface area contributed by atoms with Gasteiger partial charge >= 0.3 is 5.97 Å². The van der Waals surface area contributed by atoms with Gasteiger partial charge in [0.15, 0.2) is 0 Å². The number of aryl methyl sites for hydroxylation is 1. The molecule has 0 radical (unpaired) electrons. The summed E-state index contributed by atoms with van der Waals surface area (Å²) in [5.74, 6) is -0.358. The molecule has 0 saturated carbocycles. The van der Waals surface area contributed by atoms with Crippen LogP contribution in [0.5, 0.6) is 0 Å². The number of nitrogens with zero attached hydrogens (tertiary/aromatic N) is 1. The molecule has 21 heavy (non-hydrogen) atoms. The molecule has 0 atom stereocenters. The van der Waals surface area contributed by atoms with Crippen LogP contribution in [-0.4, -0.2) is 17.6 Å². The average Bonchev–Trinajstić information content (AvgIpc) is 2.51. The van der Waals surface area contributed by atoms with Gasteiger partial charge in [-0.25, -0.2) is 4.79 Å². The fraction of sp³-hybridized carbons (Fsp3) is 0.250. The van der Waals surface area contributed by atoms with Crippen molar-refractivity contribution < 1.29 is 9.53 Å². The van der Waals surface area contributed by atoms with E-state index in [2.05, 4.69) is 4.74 Å². The molecule has 5 heteroatoms. The van der Waals surface area contributed by atoms with Crippen LogP contribution in [-0.2, 0) is 17.7 Å². The van der Waals surface area contributed by atoms with E-state index in [1.165, 1.54) is 13.2 Å². The Bertz CT molecular complexity index is 704. The van der Waals surface area contributed by atoms with E-state index in [4.69, 9.17) is 11.6 Å². The fourth-order valence-corrected chi connectivity index (χ4v) is 2.26. The number of methoxy groups -OCH3 is 1. The van der Waals surface area contributed by atoms with Gasteiger partial charge in [0.25, 0.3) is 5.56 Å². The van der Waals surface area contributed by atoms with Gasteiger partial charge in [0.05, 0.1) is 17.7 Å². The van der Waals surface area contributed by atoms with Gasteiger partial charge in [0.1, 0.15) is 0 Å². The van der Waals surface area contributed by atoms with Crippen LogP contribution in [0.2, 0.25) is 5.02 Å². The predicted molar refractivity (Wildman–Crippen MR) is 81.9 cm³/mol. The quantitative estimate of drug-likeness (QED) is 0.816. The van der Waals surface area contributed by atoms with Gasteiger partial charge < -0.3 is 9.30 Å². The zero-order valence-electron chi connectivity index (χ0n) is 11.9. The number of carbonyl (C=O) groups excluding carboxylic acids is 1. The number of ether oxygens (including phenoxy) is 1. The minimum atomic E-state index is -0.358. The molecule has 0 saturated heterocycles. The monoisotopic (exact) mass is 305 g/mol. The van der Waals surface area contributed by atoms with E-state index in [0.717, 1.165) is 11.3 Å². The van der Waals surface area contributed by atoms with Crippen molar-refractivity contribution in [2.24, 2.45) is 0 Å². The lowest BCUT2D eigenvalue weighted by atomic mass is 10.1. The van der Waals surface area contributed by atoms with Crippen molar-refractivity contribution in [1.82, 2.24) is 4.57 Å². The molecule has 1 heterocycles. The summed E-state index contributed by atoms with van der Waals surface area (Å²) in [5.41, 5.74) is 2.24. The lowest BCUT2D eigenvalue weighted by molar-refractivity contribution is 0.0600. The van der Waals surface area contributed by atoms with Gasteiger partial charge in [-0.15, -0.1) is 0 Å². The smallest absolute Gasteiger partial charge is 0.337 e. The van der Waals surface area contributed by atoms with E-state index in [1.807, 2.05) is 19.1 Å². The third-order valence-corrected chi connectivity index (χ3v) is 3.79. The first-order chi connectivity index (χ1) is 10.0. The molecule has 0 amide bonds. The highest BCUT2D eigenvalue weighted by molar-refractivity contribution is 6.31. The van der Waals surface area contributed by atoms with Crippen LogP contribution in [0.15, 0.2) is 41.2 Å². The van der Waals surface area contributed by atoms with Crippen LogP contribution in [0.25, 0.3) is 0 Å². The Hall–Kier alpha value is -2.07. The number of hydrogen-bond acceptors (Lipinski definition) is 3. The predicted octanol–water partition coefficient (Wildman–Crippen LogP) is 2.84. The number of rotatable bonds is 4. The summed E-state index contributed by atoms with van der Waals surface area (Å²) < 4.78 is 6.30. The minimum absolute atomic E-state index is 0.0666. The number of aromatic nitrogens is 1. The van der Waals surface area contributed by atoms with Crippen molar-refractivity contribution in [3.05, 3.63) is 68.6 Å². The molecule has 110 valence electrons. The van der Waals surface area contributed by atoms with Gasteiger partial charge in [0, 0.05) is 18.3 Å². The first-order valence-electron chi connectivity index (χ1n) is 6.56. The van der Waals surface area contributed by atoms with Crippen LogP contribution in [0.4, 0.5) is 0 Å². The Morgan fingerprint density at radius 1 is 1.19 bits per heavy atom. The third kappa shape index (κ3) is 3.52.